The SMILES string of the molecule is CC(=O)O[C@H]1CC[C@@]2(C)[C@H](C1)[C@@H](OC(C)=O)C[C@H]1[C@H]3C[C@@H]4O[C@]5(CC[C@@H](C)CO5)[C@@H](C)[C@@H]4[C@@]3(C)CC[C@@H]12. The van der Waals surface area contributed by atoms with E-state index in [0.717, 1.165) is 45.1 Å². The largest absolute Gasteiger partial charge is 0.463 e. The third-order valence-corrected chi connectivity index (χ3v) is 12.5. The monoisotopic (exact) mass is 516 g/mol. The Morgan fingerprint density at radius 2 is 1.54 bits per heavy atom. The van der Waals surface area contributed by atoms with Gasteiger partial charge in [-0.25, -0.2) is 0 Å². The first kappa shape index (κ1) is 26.1. The van der Waals surface area contributed by atoms with E-state index in [1.165, 1.54) is 26.2 Å². The van der Waals surface area contributed by atoms with Crippen molar-refractivity contribution in [2.75, 3.05) is 6.61 Å². The molecule has 6 nitrogen and oxygen atoms in total. The molecule has 208 valence electrons. The van der Waals surface area contributed by atoms with Crippen molar-refractivity contribution in [1.29, 1.82) is 0 Å². The van der Waals surface area contributed by atoms with Crippen LogP contribution in [0.1, 0.15) is 99.3 Å². The van der Waals surface area contributed by atoms with Crippen molar-refractivity contribution in [3.8, 4) is 0 Å². The van der Waals surface area contributed by atoms with Gasteiger partial charge in [-0.2, -0.15) is 0 Å². The second-order valence-corrected chi connectivity index (χ2v) is 14.4. The summed E-state index contributed by atoms with van der Waals surface area (Å²) in [6, 6.07) is 0. The van der Waals surface area contributed by atoms with Gasteiger partial charge in [0.2, 0.25) is 0 Å². The molecular weight excluding hydrogens is 468 g/mol. The molecule has 2 aliphatic heterocycles. The molecule has 0 amide bonds. The van der Waals surface area contributed by atoms with Gasteiger partial charge in [-0.15, -0.1) is 0 Å². The van der Waals surface area contributed by atoms with E-state index in [2.05, 4.69) is 27.7 Å². The maximum atomic E-state index is 12.3. The third kappa shape index (κ3) is 3.93. The fourth-order valence-electron chi connectivity index (χ4n) is 10.9. The second-order valence-electron chi connectivity index (χ2n) is 14.4. The molecule has 6 rings (SSSR count). The zero-order valence-corrected chi connectivity index (χ0v) is 23.8. The van der Waals surface area contributed by atoms with E-state index in [9.17, 15) is 9.59 Å². The fraction of sp³-hybridized carbons (Fsp3) is 0.935. The van der Waals surface area contributed by atoms with Crippen LogP contribution >= 0.6 is 0 Å². The maximum Gasteiger partial charge on any atom is 0.302 e. The topological polar surface area (TPSA) is 71.1 Å². The van der Waals surface area contributed by atoms with E-state index >= 15 is 0 Å². The maximum absolute atomic E-state index is 12.3. The summed E-state index contributed by atoms with van der Waals surface area (Å²) in [5.41, 5.74) is 0.342. The minimum atomic E-state index is -0.383. The smallest absolute Gasteiger partial charge is 0.302 e. The van der Waals surface area contributed by atoms with E-state index in [1.807, 2.05) is 0 Å². The molecule has 13 atom stereocenters. The number of ether oxygens (including phenoxy) is 4. The molecule has 4 aliphatic carbocycles. The highest BCUT2D eigenvalue weighted by molar-refractivity contribution is 5.66. The summed E-state index contributed by atoms with van der Waals surface area (Å²) >= 11 is 0. The quantitative estimate of drug-likeness (QED) is 0.425. The van der Waals surface area contributed by atoms with Crippen LogP contribution in [0.25, 0.3) is 0 Å². The van der Waals surface area contributed by atoms with Crippen LogP contribution in [0.5, 0.6) is 0 Å². The highest BCUT2D eigenvalue weighted by Crippen LogP contribution is 2.71. The van der Waals surface area contributed by atoms with Gasteiger partial charge >= 0.3 is 11.9 Å². The first-order chi connectivity index (χ1) is 17.5. The average molecular weight is 517 g/mol. The summed E-state index contributed by atoms with van der Waals surface area (Å²) in [6.45, 7) is 13.5. The third-order valence-electron chi connectivity index (χ3n) is 12.5. The van der Waals surface area contributed by atoms with Gasteiger partial charge in [0.05, 0.1) is 12.7 Å². The molecule has 0 aromatic carbocycles. The average Bonchev–Trinajstić information content (AvgIpc) is 3.26. The Labute approximate surface area is 222 Å². The van der Waals surface area contributed by atoms with Crippen LogP contribution < -0.4 is 0 Å². The Balaban J connectivity index is 1.27. The number of carbonyl (C=O) groups is 2. The van der Waals surface area contributed by atoms with E-state index in [1.54, 1.807) is 6.92 Å². The first-order valence-corrected chi connectivity index (χ1v) is 15.1. The van der Waals surface area contributed by atoms with Crippen molar-refractivity contribution in [1.82, 2.24) is 0 Å². The lowest BCUT2D eigenvalue weighted by Gasteiger charge is -2.62. The molecule has 6 fully saturated rings. The standard InChI is InChI=1S/C31H48O6/c1-17-7-12-31(34-16-17)18(2)28-27(37-31)15-24-22-14-26(36-20(4)33)25-13-21(35-19(3)32)8-10-29(25,5)23(22)9-11-30(24,28)6/h17-18,21-28H,7-16H2,1-6H3/t17-,18+,21+,22-,23+,24-,25-,26+,27+,28+,29-,30+,31-/m1/s1. The molecule has 4 saturated carbocycles. The Morgan fingerprint density at radius 3 is 2.22 bits per heavy atom. The number of hydrogen-bond acceptors (Lipinski definition) is 6. The van der Waals surface area contributed by atoms with Gasteiger partial charge in [0, 0.05) is 32.1 Å². The van der Waals surface area contributed by atoms with Crippen molar-refractivity contribution in [3.63, 3.8) is 0 Å². The summed E-state index contributed by atoms with van der Waals surface area (Å²) in [6.07, 6.45) is 9.59. The van der Waals surface area contributed by atoms with Crippen molar-refractivity contribution >= 4 is 11.9 Å². The number of carbonyl (C=O) groups excluding carboxylic acids is 2. The molecule has 0 bridgehead atoms. The Hall–Kier alpha value is -1.14. The molecule has 2 heterocycles. The summed E-state index contributed by atoms with van der Waals surface area (Å²) in [7, 11) is 0. The lowest BCUT2D eigenvalue weighted by atomic mass is 9.43. The Kier molecular flexibility index (Phi) is 6.31. The predicted octanol–water partition coefficient (Wildman–Crippen LogP) is 5.91. The van der Waals surface area contributed by atoms with E-state index in [-0.39, 0.29) is 52.8 Å². The molecule has 37 heavy (non-hydrogen) atoms. The molecule has 0 unspecified atom stereocenters. The summed E-state index contributed by atoms with van der Waals surface area (Å²) in [5, 5.41) is 0. The molecule has 0 aromatic heterocycles. The van der Waals surface area contributed by atoms with Crippen LogP contribution in [-0.4, -0.2) is 42.6 Å². The van der Waals surface area contributed by atoms with Crippen molar-refractivity contribution in [2.24, 2.45) is 52.3 Å². The number of esters is 2. The Bertz CT molecular complexity index is 925. The molecule has 2 saturated heterocycles. The molecule has 6 heteroatoms. The second kappa shape index (κ2) is 8.94. The van der Waals surface area contributed by atoms with Crippen LogP contribution in [0.15, 0.2) is 0 Å². The van der Waals surface area contributed by atoms with Gasteiger partial charge < -0.3 is 18.9 Å². The molecular formula is C31H48O6. The lowest BCUT2D eigenvalue weighted by Crippen LogP contribution is -2.59. The van der Waals surface area contributed by atoms with E-state index in [4.69, 9.17) is 18.9 Å². The van der Waals surface area contributed by atoms with E-state index in [0.29, 0.717) is 35.5 Å². The number of hydrogen-bond donors (Lipinski definition) is 0. The summed E-state index contributed by atoms with van der Waals surface area (Å²) in [4.78, 5) is 24.0. The van der Waals surface area contributed by atoms with Gasteiger partial charge in [-0.1, -0.05) is 27.7 Å². The molecule has 0 N–H and O–H groups in total. The lowest BCUT2D eigenvalue weighted by molar-refractivity contribution is -0.273. The molecule has 1 spiro atoms. The minimum Gasteiger partial charge on any atom is -0.463 e. The van der Waals surface area contributed by atoms with Gasteiger partial charge in [0.1, 0.15) is 12.2 Å². The van der Waals surface area contributed by atoms with Crippen LogP contribution in [0.3, 0.4) is 0 Å². The van der Waals surface area contributed by atoms with Crippen LogP contribution in [0, 0.1) is 52.3 Å². The van der Waals surface area contributed by atoms with Crippen molar-refractivity contribution < 1.29 is 28.5 Å². The van der Waals surface area contributed by atoms with Crippen LogP contribution in [0.2, 0.25) is 0 Å². The highest BCUT2D eigenvalue weighted by Gasteiger charge is 2.70. The normalized spacial score (nSPS) is 54.5. The fourth-order valence-corrected chi connectivity index (χ4v) is 10.9. The van der Waals surface area contributed by atoms with Crippen molar-refractivity contribution in [2.45, 2.75) is 123 Å². The van der Waals surface area contributed by atoms with Crippen LogP contribution in [0.4, 0.5) is 0 Å². The summed E-state index contributed by atoms with van der Waals surface area (Å²) in [5.74, 6) is 2.77. The zero-order valence-electron chi connectivity index (χ0n) is 23.8. The highest BCUT2D eigenvalue weighted by atomic mass is 16.7. The van der Waals surface area contributed by atoms with Gasteiger partial charge in [0.15, 0.2) is 5.79 Å². The number of rotatable bonds is 2. The minimum absolute atomic E-state index is 0.0615. The predicted molar refractivity (Wildman–Crippen MR) is 138 cm³/mol. The van der Waals surface area contributed by atoms with Gasteiger partial charge in [-0.05, 0) is 91.8 Å². The molecule has 0 aromatic rings. The number of fused-ring (bicyclic) bond motifs is 7. The van der Waals surface area contributed by atoms with Crippen LogP contribution in [-0.2, 0) is 28.5 Å². The van der Waals surface area contributed by atoms with Gasteiger partial charge in [0.25, 0.3) is 0 Å². The molecule has 0 radical (unpaired) electrons. The molecule has 6 aliphatic rings. The Morgan fingerprint density at radius 1 is 0.811 bits per heavy atom. The van der Waals surface area contributed by atoms with Crippen molar-refractivity contribution in [3.05, 3.63) is 0 Å². The zero-order chi connectivity index (χ0) is 26.3. The summed E-state index contributed by atoms with van der Waals surface area (Å²) < 4.78 is 25.2. The van der Waals surface area contributed by atoms with E-state index < -0.39 is 0 Å². The van der Waals surface area contributed by atoms with Gasteiger partial charge in [-0.3, -0.25) is 9.59 Å². The first-order valence-electron chi connectivity index (χ1n) is 15.1.